The normalized spacial score (nSPS) is 33.9. The average molecular weight is 418 g/mol. The molecule has 2 aliphatic carbocycles. The first-order valence-corrected chi connectivity index (χ1v) is 11.2. The second-order valence-electron chi connectivity index (χ2n) is 7.17. The predicted molar refractivity (Wildman–Crippen MR) is 88.4 cm³/mol. The first kappa shape index (κ1) is 23.2. The van der Waals surface area contributed by atoms with Gasteiger partial charge < -0.3 is 41.3 Å². The molecule has 0 radical (unpaired) electrons. The summed E-state index contributed by atoms with van der Waals surface area (Å²) >= 11 is 0. The van der Waals surface area contributed by atoms with Crippen molar-refractivity contribution in [3.8, 4) is 0 Å². The van der Waals surface area contributed by atoms with Crippen molar-refractivity contribution in [2.45, 2.75) is 36.8 Å². The summed E-state index contributed by atoms with van der Waals surface area (Å²) < 4.78 is 21.0. The molecule has 0 atom stereocenters. The fraction of sp³-hybridized carbons (Fsp3) is 0.833. The molecule has 0 saturated heterocycles. The fourth-order valence-corrected chi connectivity index (χ4v) is 5.08. The van der Waals surface area contributed by atoms with Gasteiger partial charge in [0.05, 0.1) is 12.3 Å². The van der Waals surface area contributed by atoms with Gasteiger partial charge in [-0.2, -0.15) is 0 Å². The zero-order valence-corrected chi connectivity index (χ0v) is 15.6. The third kappa shape index (κ3) is 6.71. The zero-order valence-electron chi connectivity index (χ0n) is 13.8. The van der Waals surface area contributed by atoms with Crippen molar-refractivity contribution in [3.05, 3.63) is 0 Å². The largest absolute Gasteiger partial charge is 0.480 e. The summed E-state index contributed by atoms with van der Waals surface area (Å²) in [5.41, 5.74) is 8.28. The molecule has 0 unspecified atom stereocenters. The molecule has 0 aromatic carbocycles. The van der Waals surface area contributed by atoms with Crippen LogP contribution in [-0.2, 0) is 18.7 Å². The number of aliphatic carboxylic acids is 2. The molecular formula is C12H24N2O10P2. The lowest BCUT2D eigenvalue weighted by atomic mass is 9.70. The van der Waals surface area contributed by atoms with Crippen LogP contribution in [0.15, 0.2) is 0 Å². The van der Waals surface area contributed by atoms with Crippen molar-refractivity contribution < 1.29 is 48.5 Å². The van der Waals surface area contributed by atoms with Crippen molar-refractivity contribution in [2.24, 2.45) is 23.3 Å². The van der Waals surface area contributed by atoms with Crippen LogP contribution in [0.3, 0.4) is 0 Å². The van der Waals surface area contributed by atoms with Gasteiger partial charge in [-0.1, -0.05) is 0 Å². The Bertz CT molecular complexity index is 588. The second kappa shape index (κ2) is 7.65. The van der Waals surface area contributed by atoms with Gasteiger partial charge in [-0.25, -0.2) is 0 Å². The van der Waals surface area contributed by atoms with Gasteiger partial charge >= 0.3 is 27.1 Å². The van der Waals surface area contributed by atoms with Gasteiger partial charge in [0.15, 0.2) is 0 Å². The van der Waals surface area contributed by atoms with Crippen LogP contribution in [0.5, 0.6) is 0 Å². The summed E-state index contributed by atoms with van der Waals surface area (Å²) in [6.07, 6.45) is 0.0558. The van der Waals surface area contributed by atoms with E-state index in [9.17, 15) is 18.7 Å². The van der Waals surface area contributed by atoms with E-state index in [-0.39, 0.29) is 49.8 Å². The van der Waals surface area contributed by atoms with Crippen LogP contribution in [0.25, 0.3) is 0 Å². The summed E-state index contributed by atoms with van der Waals surface area (Å²) in [6.45, 7) is 0. The Labute approximate surface area is 148 Å². The molecule has 2 rings (SSSR count). The Morgan fingerprint density at radius 3 is 1.15 bits per heavy atom. The summed E-state index contributed by atoms with van der Waals surface area (Å²) in [5.74, 6) is -2.73. The van der Waals surface area contributed by atoms with E-state index in [4.69, 9.17) is 41.3 Å². The Kier molecular flexibility index (Phi) is 6.83. The molecule has 26 heavy (non-hydrogen) atoms. The molecule has 2 aliphatic rings. The minimum Gasteiger partial charge on any atom is -0.480 e. The molecule has 2 saturated carbocycles. The maximum Gasteiger partial charge on any atom is 0.325 e. The Morgan fingerprint density at radius 2 is 1.00 bits per heavy atom. The van der Waals surface area contributed by atoms with Gasteiger partial charge in [0.2, 0.25) is 0 Å². The highest BCUT2D eigenvalue weighted by atomic mass is 31.2. The highest BCUT2D eigenvalue weighted by Gasteiger charge is 2.49. The van der Waals surface area contributed by atoms with Gasteiger partial charge in [0, 0.05) is 0 Å². The van der Waals surface area contributed by atoms with Crippen LogP contribution >= 0.6 is 15.2 Å². The van der Waals surface area contributed by atoms with Crippen LogP contribution < -0.4 is 11.5 Å². The van der Waals surface area contributed by atoms with E-state index < -0.39 is 38.2 Å². The van der Waals surface area contributed by atoms with E-state index in [0.717, 1.165) is 0 Å². The number of hydrogen-bond donors (Lipinski definition) is 8. The fourth-order valence-electron chi connectivity index (χ4n) is 3.22. The minimum absolute atomic E-state index is 0.146. The molecule has 10 N–H and O–H groups in total. The smallest absolute Gasteiger partial charge is 0.325 e. The van der Waals surface area contributed by atoms with Crippen molar-refractivity contribution in [2.75, 3.05) is 12.3 Å². The number of carboxylic acid groups (broad SMARTS) is 2. The summed E-state index contributed by atoms with van der Waals surface area (Å²) in [4.78, 5) is 55.3. The minimum atomic E-state index is -4.02. The van der Waals surface area contributed by atoms with Gasteiger partial charge in [-0.15, -0.1) is 0 Å². The van der Waals surface area contributed by atoms with Crippen molar-refractivity contribution in [1.29, 1.82) is 0 Å². The van der Waals surface area contributed by atoms with E-state index in [2.05, 4.69) is 0 Å². The van der Waals surface area contributed by atoms with Crippen molar-refractivity contribution >= 4 is 27.1 Å². The monoisotopic (exact) mass is 418 g/mol. The van der Waals surface area contributed by atoms with Gasteiger partial charge in [0.25, 0.3) is 0 Å². The Hall–Kier alpha value is -0.840. The molecule has 0 amide bonds. The first-order chi connectivity index (χ1) is 11.5. The maximum atomic E-state index is 10.5. The Morgan fingerprint density at radius 1 is 0.769 bits per heavy atom. The van der Waals surface area contributed by atoms with Crippen molar-refractivity contribution in [1.82, 2.24) is 0 Å². The third-order valence-corrected chi connectivity index (χ3v) is 6.44. The molecule has 2 fully saturated rings. The van der Waals surface area contributed by atoms with Crippen LogP contribution in [0, 0.1) is 11.8 Å². The van der Waals surface area contributed by atoms with E-state index in [1.54, 1.807) is 0 Å². The molecule has 0 spiro atoms. The first-order valence-electron chi connectivity index (χ1n) is 7.59. The molecule has 0 heterocycles. The zero-order chi connectivity index (χ0) is 20.6. The number of carbonyl (C=O) groups is 2. The standard InChI is InChI=1S/2C6H12NO5P/c2*7-6(5(8)9)1-4(2-6)3-13(10,11)12/h2*4H,1-3,7H2,(H,8,9)(H2,10,11,12). The van der Waals surface area contributed by atoms with Crippen LogP contribution in [-0.4, -0.2) is 65.1 Å². The number of carboxylic acids is 2. The highest BCUT2D eigenvalue weighted by molar-refractivity contribution is 7.52. The molecule has 0 aromatic heterocycles. The predicted octanol–water partition coefficient (Wildman–Crippen LogP) is -1.29. The van der Waals surface area contributed by atoms with E-state index in [1.165, 1.54) is 0 Å². The quantitative estimate of drug-likeness (QED) is 0.235. The maximum absolute atomic E-state index is 10.5. The molecular weight excluding hydrogens is 394 g/mol. The third-order valence-electron chi connectivity index (χ3n) is 4.46. The number of hydrogen-bond acceptors (Lipinski definition) is 6. The van der Waals surface area contributed by atoms with Crippen molar-refractivity contribution in [3.63, 3.8) is 0 Å². The lowest BCUT2D eigenvalue weighted by Gasteiger charge is -2.41. The number of nitrogens with two attached hydrogens (primary N) is 2. The average Bonchev–Trinajstić information content (AvgIpc) is 2.31. The molecule has 14 heteroatoms. The van der Waals surface area contributed by atoms with Gasteiger partial charge in [0.1, 0.15) is 11.1 Å². The lowest BCUT2D eigenvalue weighted by Crippen LogP contribution is -2.58. The van der Waals surface area contributed by atoms with E-state index in [0.29, 0.717) is 0 Å². The molecule has 0 bridgehead atoms. The lowest BCUT2D eigenvalue weighted by molar-refractivity contribution is -0.149. The van der Waals surface area contributed by atoms with Gasteiger partial charge in [-0.05, 0) is 37.5 Å². The molecule has 0 aromatic rings. The van der Waals surface area contributed by atoms with Crippen LogP contribution in [0.1, 0.15) is 25.7 Å². The highest BCUT2D eigenvalue weighted by Crippen LogP contribution is 2.47. The van der Waals surface area contributed by atoms with Crippen LogP contribution in [0.4, 0.5) is 0 Å². The van der Waals surface area contributed by atoms with E-state index >= 15 is 0 Å². The topological polar surface area (TPSA) is 242 Å². The molecule has 152 valence electrons. The van der Waals surface area contributed by atoms with Gasteiger partial charge in [-0.3, -0.25) is 18.7 Å². The molecule has 12 nitrogen and oxygen atoms in total. The summed E-state index contributed by atoms with van der Waals surface area (Å²) in [5, 5.41) is 17.2. The van der Waals surface area contributed by atoms with Crippen LogP contribution in [0.2, 0.25) is 0 Å². The van der Waals surface area contributed by atoms with E-state index in [1.807, 2.05) is 0 Å². The summed E-state index contributed by atoms with van der Waals surface area (Å²) in [7, 11) is -8.04. The summed E-state index contributed by atoms with van der Waals surface area (Å²) in [6, 6.07) is 0. The Balaban J connectivity index is 0.000000260. The molecule has 0 aliphatic heterocycles. The number of rotatable bonds is 6. The SMILES string of the molecule is NC1(C(=O)O)CC(CP(=O)(O)O)C1.NC1(C(=O)O)CC(CP(=O)(O)O)C1. The second-order valence-corrected chi connectivity index (χ2v) is 10.6.